The Morgan fingerprint density at radius 2 is 1.82 bits per heavy atom. The minimum absolute atomic E-state index is 0.0790. The van der Waals surface area contributed by atoms with Gasteiger partial charge >= 0.3 is 5.69 Å². The topological polar surface area (TPSA) is 82.3 Å². The molecule has 3 aromatic rings. The minimum atomic E-state index is -1.03. The van der Waals surface area contributed by atoms with E-state index >= 15 is 0 Å². The molecule has 7 nitrogen and oxygen atoms in total. The standard InChI is InChI=1S/C24H27F2N3O4/c1-4-28-19-10-9-16(14-17(19)23(31)29(5-2)24(28)32)27-21(30)13-15(3)11-12-33-20-8-6-7-18(25)22(20)26/h6-10,14-15H,4-5,11-13H2,1-3H3,(H,27,30). The molecule has 0 fully saturated rings. The fourth-order valence-corrected chi connectivity index (χ4v) is 3.68. The van der Waals surface area contributed by atoms with Crippen LogP contribution in [-0.4, -0.2) is 21.6 Å². The fraction of sp³-hybridized carbons (Fsp3) is 0.375. The minimum Gasteiger partial charge on any atom is -0.490 e. The van der Waals surface area contributed by atoms with Gasteiger partial charge in [0.2, 0.25) is 11.7 Å². The molecule has 0 aliphatic rings. The van der Waals surface area contributed by atoms with Crippen LogP contribution < -0.4 is 21.3 Å². The monoisotopic (exact) mass is 459 g/mol. The Balaban J connectivity index is 1.65. The first-order chi connectivity index (χ1) is 15.8. The highest BCUT2D eigenvalue weighted by Crippen LogP contribution is 2.21. The van der Waals surface area contributed by atoms with Gasteiger partial charge < -0.3 is 10.1 Å². The lowest BCUT2D eigenvalue weighted by Crippen LogP contribution is -2.39. The second-order valence-corrected chi connectivity index (χ2v) is 7.85. The SMILES string of the molecule is CCn1c(=O)c2cc(NC(=O)CC(C)CCOc3cccc(F)c3F)ccc2n(CC)c1=O. The number of ether oxygens (including phenoxy) is 1. The van der Waals surface area contributed by atoms with E-state index in [0.29, 0.717) is 29.6 Å². The van der Waals surface area contributed by atoms with E-state index in [1.165, 1.54) is 21.3 Å². The summed E-state index contributed by atoms with van der Waals surface area (Å²) < 4.78 is 34.8. The molecule has 0 saturated carbocycles. The summed E-state index contributed by atoms with van der Waals surface area (Å²) in [4.78, 5) is 37.7. The number of aryl methyl sites for hydroxylation is 1. The van der Waals surface area contributed by atoms with Gasteiger partial charge in [0, 0.05) is 25.2 Å². The number of hydrogen-bond acceptors (Lipinski definition) is 4. The molecule has 176 valence electrons. The van der Waals surface area contributed by atoms with Crippen LogP contribution in [0.1, 0.15) is 33.6 Å². The summed E-state index contributed by atoms with van der Waals surface area (Å²) >= 11 is 0. The number of anilines is 1. The van der Waals surface area contributed by atoms with Crippen molar-refractivity contribution in [1.29, 1.82) is 0 Å². The van der Waals surface area contributed by atoms with Gasteiger partial charge in [-0.1, -0.05) is 13.0 Å². The summed E-state index contributed by atoms with van der Waals surface area (Å²) in [5.74, 6) is -2.50. The zero-order valence-electron chi connectivity index (χ0n) is 18.9. The highest BCUT2D eigenvalue weighted by atomic mass is 19.2. The van der Waals surface area contributed by atoms with Crippen molar-refractivity contribution in [3.63, 3.8) is 0 Å². The number of halogens is 2. The molecule has 1 heterocycles. The van der Waals surface area contributed by atoms with Gasteiger partial charge in [-0.15, -0.1) is 0 Å². The molecule has 33 heavy (non-hydrogen) atoms. The number of fused-ring (bicyclic) bond motifs is 1. The summed E-state index contributed by atoms with van der Waals surface area (Å²) in [7, 11) is 0. The predicted molar refractivity (Wildman–Crippen MR) is 123 cm³/mol. The lowest BCUT2D eigenvalue weighted by atomic mass is 10.0. The Labute approximate surface area is 189 Å². The predicted octanol–water partition coefficient (Wildman–Crippen LogP) is 3.92. The largest absolute Gasteiger partial charge is 0.490 e. The number of carbonyl (C=O) groups excluding carboxylic acids is 1. The number of amides is 1. The first kappa shape index (κ1) is 24.2. The van der Waals surface area contributed by atoms with E-state index in [1.54, 1.807) is 25.1 Å². The molecule has 1 atom stereocenters. The maximum absolute atomic E-state index is 13.6. The molecule has 0 spiro atoms. The second kappa shape index (κ2) is 10.4. The summed E-state index contributed by atoms with van der Waals surface area (Å²) in [6.45, 7) is 6.22. The molecular formula is C24H27F2N3O4. The summed E-state index contributed by atoms with van der Waals surface area (Å²) in [5, 5.41) is 3.14. The van der Waals surface area contributed by atoms with Crippen LogP contribution >= 0.6 is 0 Å². The van der Waals surface area contributed by atoms with Crippen molar-refractivity contribution >= 4 is 22.5 Å². The van der Waals surface area contributed by atoms with Gasteiger partial charge in [0.25, 0.3) is 5.56 Å². The number of carbonyl (C=O) groups is 1. The van der Waals surface area contributed by atoms with Crippen molar-refractivity contribution in [1.82, 2.24) is 9.13 Å². The van der Waals surface area contributed by atoms with E-state index in [1.807, 2.05) is 13.8 Å². The van der Waals surface area contributed by atoms with Gasteiger partial charge in [0.05, 0.1) is 17.5 Å². The molecule has 2 aromatic carbocycles. The van der Waals surface area contributed by atoms with Gasteiger partial charge in [-0.2, -0.15) is 4.39 Å². The Bertz CT molecular complexity index is 1280. The molecule has 1 amide bonds. The number of nitrogens with zero attached hydrogens (tertiary/aromatic N) is 2. The third-order valence-electron chi connectivity index (χ3n) is 5.46. The van der Waals surface area contributed by atoms with Crippen LogP contribution in [0.3, 0.4) is 0 Å². The van der Waals surface area contributed by atoms with Crippen molar-refractivity contribution in [2.24, 2.45) is 5.92 Å². The van der Waals surface area contributed by atoms with Crippen molar-refractivity contribution in [3.05, 3.63) is 68.9 Å². The number of rotatable bonds is 9. The smallest absolute Gasteiger partial charge is 0.331 e. The van der Waals surface area contributed by atoms with E-state index in [-0.39, 0.29) is 42.8 Å². The molecule has 0 aliphatic carbocycles. The van der Waals surface area contributed by atoms with Gasteiger partial charge in [0.1, 0.15) is 0 Å². The second-order valence-electron chi connectivity index (χ2n) is 7.85. The van der Waals surface area contributed by atoms with Crippen LogP contribution in [0.25, 0.3) is 10.9 Å². The van der Waals surface area contributed by atoms with Gasteiger partial charge in [0.15, 0.2) is 11.6 Å². The molecule has 9 heteroatoms. The zero-order chi connectivity index (χ0) is 24.1. The van der Waals surface area contributed by atoms with Crippen LogP contribution in [0.5, 0.6) is 5.75 Å². The summed E-state index contributed by atoms with van der Waals surface area (Å²) in [6.07, 6.45) is 0.645. The van der Waals surface area contributed by atoms with Crippen molar-refractivity contribution < 1.29 is 18.3 Å². The Morgan fingerprint density at radius 3 is 2.52 bits per heavy atom. The Morgan fingerprint density at radius 1 is 1.09 bits per heavy atom. The molecule has 0 radical (unpaired) electrons. The van der Waals surface area contributed by atoms with Gasteiger partial charge in [-0.3, -0.25) is 18.7 Å². The first-order valence-electron chi connectivity index (χ1n) is 10.9. The third kappa shape index (κ3) is 5.30. The summed E-state index contributed by atoms with van der Waals surface area (Å²) in [6, 6.07) is 8.61. The van der Waals surface area contributed by atoms with Crippen molar-refractivity contribution in [2.45, 2.75) is 46.7 Å². The number of aromatic nitrogens is 2. The number of benzene rings is 2. The molecule has 0 saturated heterocycles. The molecule has 0 bridgehead atoms. The molecule has 3 rings (SSSR count). The molecule has 1 N–H and O–H groups in total. The van der Waals surface area contributed by atoms with E-state index in [9.17, 15) is 23.2 Å². The van der Waals surface area contributed by atoms with Crippen LogP contribution in [0.15, 0.2) is 46.0 Å². The maximum Gasteiger partial charge on any atom is 0.331 e. The third-order valence-corrected chi connectivity index (χ3v) is 5.46. The average Bonchev–Trinajstić information content (AvgIpc) is 2.77. The van der Waals surface area contributed by atoms with Crippen LogP contribution in [0.4, 0.5) is 14.5 Å². The van der Waals surface area contributed by atoms with Gasteiger partial charge in [-0.25, -0.2) is 9.18 Å². The molecule has 1 unspecified atom stereocenters. The zero-order valence-corrected chi connectivity index (χ0v) is 18.9. The van der Waals surface area contributed by atoms with E-state index < -0.39 is 17.2 Å². The Hall–Kier alpha value is -3.49. The summed E-state index contributed by atoms with van der Waals surface area (Å²) in [5.41, 5.74) is 0.223. The van der Waals surface area contributed by atoms with Crippen LogP contribution in [-0.2, 0) is 17.9 Å². The molecular weight excluding hydrogens is 432 g/mol. The lowest BCUT2D eigenvalue weighted by molar-refractivity contribution is -0.117. The van der Waals surface area contributed by atoms with Crippen molar-refractivity contribution in [3.8, 4) is 5.75 Å². The highest BCUT2D eigenvalue weighted by Gasteiger charge is 2.15. The van der Waals surface area contributed by atoms with E-state index in [4.69, 9.17) is 4.74 Å². The number of nitrogens with one attached hydrogen (secondary N) is 1. The van der Waals surface area contributed by atoms with E-state index in [2.05, 4.69) is 5.32 Å². The lowest BCUT2D eigenvalue weighted by Gasteiger charge is -2.14. The Kier molecular flexibility index (Phi) is 7.63. The number of hydrogen-bond donors (Lipinski definition) is 1. The first-order valence-corrected chi connectivity index (χ1v) is 10.9. The van der Waals surface area contributed by atoms with Crippen LogP contribution in [0, 0.1) is 17.6 Å². The van der Waals surface area contributed by atoms with Crippen LogP contribution in [0.2, 0.25) is 0 Å². The van der Waals surface area contributed by atoms with E-state index in [0.717, 1.165) is 6.07 Å². The quantitative estimate of drug-likeness (QED) is 0.526. The average molecular weight is 459 g/mol. The normalized spacial score (nSPS) is 12.0. The maximum atomic E-state index is 13.6. The molecule has 1 aromatic heterocycles. The fourth-order valence-electron chi connectivity index (χ4n) is 3.68. The van der Waals surface area contributed by atoms with Crippen molar-refractivity contribution in [2.75, 3.05) is 11.9 Å². The molecule has 0 aliphatic heterocycles. The highest BCUT2D eigenvalue weighted by molar-refractivity contribution is 5.93. The van der Waals surface area contributed by atoms with Gasteiger partial charge in [-0.05, 0) is 56.5 Å².